The van der Waals surface area contributed by atoms with Crippen molar-refractivity contribution in [3.05, 3.63) is 198 Å². The Morgan fingerprint density at radius 3 is 1.77 bits per heavy atom. The van der Waals surface area contributed by atoms with Crippen molar-refractivity contribution in [2.75, 3.05) is 0 Å². The van der Waals surface area contributed by atoms with E-state index in [9.17, 15) is 0 Å². The average Bonchev–Trinajstić information content (AvgIpc) is 3.49. The lowest BCUT2D eigenvalue weighted by Crippen LogP contribution is -2.24. The minimum absolute atomic E-state index is 0.00538. The third-order valence-corrected chi connectivity index (χ3v) is 12.5. The number of benzene rings is 6. The van der Waals surface area contributed by atoms with Gasteiger partial charge in [-0.15, -0.1) is 0 Å². The number of allylic oxidation sites excluding steroid dienone is 8. The molecule has 3 aliphatic carbocycles. The molecule has 3 nitrogen and oxygen atoms in total. The van der Waals surface area contributed by atoms with Crippen molar-refractivity contribution in [2.24, 2.45) is 5.92 Å². The number of hydrogen-bond donors (Lipinski definition) is 0. The van der Waals surface area contributed by atoms with Gasteiger partial charge in [-0.3, -0.25) is 0 Å². The second kappa shape index (κ2) is 13.6. The van der Waals surface area contributed by atoms with Crippen molar-refractivity contribution in [2.45, 2.75) is 51.4 Å². The first kappa shape index (κ1) is 35.0. The molecule has 7 aromatic rings. The van der Waals surface area contributed by atoms with E-state index in [1.54, 1.807) is 0 Å². The van der Waals surface area contributed by atoms with Crippen LogP contribution < -0.4 is 0 Å². The van der Waals surface area contributed by atoms with Gasteiger partial charge in [0.05, 0.1) is 0 Å². The molecule has 10 rings (SSSR count). The van der Waals surface area contributed by atoms with Crippen LogP contribution in [0.15, 0.2) is 175 Å². The zero-order valence-corrected chi connectivity index (χ0v) is 33.0. The summed E-state index contributed by atoms with van der Waals surface area (Å²) in [6, 6.07) is 50.5. The molecular weight excluding hydrogens is 691 g/mol. The maximum absolute atomic E-state index is 5.09. The smallest absolute Gasteiger partial charge is 0.163 e. The lowest BCUT2D eigenvalue weighted by molar-refractivity contribution is 0.554. The molecule has 0 saturated carbocycles. The van der Waals surface area contributed by atoms with E-state index >= 15 is 0 Å². The van der Waals surface area contributed by atoms with Crippen LogP contribution in [-0.4, -0.2) is 15.0 Å². The molecule has 0 aliphatic heterocycles. The molecule has 0 spiro atoms. The summed E-state index contributed by atoms with van der Waals surface area (Å²) in [6.07, 6.45) is 12.9. The Kier molecular flexibility index (Phi) is 8.37. The van der Waals surface area contributed by atoms with E-state index in [1.165, 1.54) is 60.9 Å². The van der Waals surface area contributed by atoms with E-state index < -0.39 is 0 Å². The van der Waals surface area contributed by atoms with Gasteiger partial charge in [0.25, 0.3) is 0 Å². The van der Waals surface area contributed by atoms with Crippen LogP contribution in [0.25, 0.3) is 66.9 Å². The molecule has 0 fully saturated rings. The summed E-state index contributed by atoms with van der Waals surface area (Å²) in [6.45, 7) is 9.36. The molecule has 57 heavy (non-hydrogen) atoms. The van der Waals surface area contributed by atoms with Crippen molar-refractivity contribution in [1.82, 2.24) is 15.0 Å². The molecule has 0 saturated heterocycles. The second-order valence-electron chi connectivity index (χ2n) is 16.7. The van der Waals surface area contributed by atoms with E-state index in [2.05, 4.69) is 179 Å². The van der Waals surface area contributed by atoms with Crippen LogP contribution in [0.4, 0.5) is 0 Å². The third-order valence-electron chi connectivity index (χ3n) is 12.5. The van der Waals surface area contributed by atoms with Crippen molar-refractivity contribution >= 4 is 21.9 Å². The summed E-state index contributed by atoms with van der Waals surface area (Å²) >= 11 is 0. The van der Waals surface area contributed by atoms with Gasteiger partial charge in [-0.2, -0.15) is 0 Å². The number of fused-ring (bicyclic) bond motifs is 3. The molecule has 2 unspecified atom stereocenters. The first-order valence-corrected chi connectivity index (χ1v) is 20.2. The Balaban J connectivity index is 0.996. The van der Waals surface area contributed by atoms with Crippen LogP contribution in [0.5, 0.6) is 0 Å². The highest BCUT2D eigenvalue weighted by atomic mass is 15.0. The largest absolute Gasteiger partial charge is 0.212 e. The lowest BCUT2D eigenvalue weighted by atomic mass is 9.75. The van der Waals surface area contributed by atoms with Gasteiger partial charge in [0.15, 0.2) is 11.6 Å². The molecule has 3 aliphatic rings. The second-order valence-corrected chi connectivity index (χ2v) is 16.7. The monoisotopic (exact) mass is 735 g/mol. The maximum atomic E-state index is 5.09. The van der Waals surface area contributed by atoms with E-state index in [-0.39, 0.29) is 10.8 Å². The van der Waals surface area contributed by atoms with Gasteiger partial charge >= 0.3 is 0 Å². The lowest BCUT2D eigenvalue weighted by Gasteiger charge is -2.28. The van der Waals surface area contributed by atoms with Gasteiger partial charge in [0.1, 0.15) is 5.82 Å². The van der Waals surface area contributed by atoms with E-state index in [0.717, 1.165) is 35.4 Å². The summed E-state index contributed by atoms with van der Waals surface area (Å²) in [5, 5.41) is 2.48. The van der Waals surface area contributed by atoms with E-state index in [0.29, 0.717) is 17.6 Å². The first-order chi connectivity index (χ1) is 27.8. The normalized spacial score (nSPS) is 19.4. The fourth-order valence-corrected chi connectivity index (χ4v) is 9.40. The zero-order valence-electron chi connectivity index (χ0n) is 33.0. The minimum atomic E-state index is -0.306. The van der Waals surface area contributed by atoms with Crippen LogP contribution in [0, 0.1) is 5.92 Å². The molecule has 276 valence electrons. The van der Waals surface area contributed by atoms with Gasteiger partial charge in [0.2, 0.25) is 0 Å². The molecule has 0 amide bonds. The van der Waals surface area contributed by atoms with Crippen molar-refractivity contribution < 1.29 is 0 Å². The highest BCUT2D eigenvalue weighted by Crippen LogP contribution is 2.54. The Morgan fingerprint density at radius 1 is 0.544 bits per heavy atom. The predicted octanol–water partition coefficient (Wildman–Crippen LogP) is 13.6. The fourth-order valence-electron chi connectivity index (χ4n) is 9.40. The maximum Gasteiger partial charge on any atom is 0.163 e. The SMILES string of the molecule is CC1CC(c2ccc(-c3cccc4cccc(-c5ccc(-c6nc(-c7ccccc7)nc(C7(C)C=CC=CC7)n6)cc5)c34)cc2)=CC2=C1c1ccccc1C2(C)C. The molecule has 0 bridgehead atoms. The summed E-state index contributed by atoms with van der Waals surface area (Å²) in [4.78, 5) is 15.1. The highest BCUT2D eigenvalue weighted by Gasteiger charge is 2.40. The Labute approximate surface area is 335 Å². The molecule has 1 heterocycles. The highest BCUT2D eigenvalue weighted by molar-refractivity contribution is 6.06. The van der Waals surface area contributed by atoms with Crippen molar-refractivity contribution in [1.29, 1.82) is 0 Å². The zero-order chi connectivity index (χ0) is 38.7. The van der Waals surface area contributed by atoms with Gasteiger partial charge in [-0.1, -0.05) is 191 Å². The molecule has 0 N–H and O–H groups in total. The molecule has 3 heteroatoms. The summed E-state index contributed by atoms with van der Waals surface area (Å²) in [7, 11) is 0. The number of hydrogen-bond acceptors (Lipinski definition) is 3. The van der Waals surface area contributed by atoms with Gasteiger partial charge in [-0.05, 0) is 92.1 Å². The average molecular weight is 736 g/mol. The Bertz CT molecular complexity index is 2810. The fraction of sp³-hybridized carbons (Fsp3) is 0.167. The van der Waals surface area contributed by atoms with Gasteiger partial charge < -0.3 is 0 Å². The van der Waals surface area contributed by atoms with Gasteiger partial charge in [0, 0.05) is 22.0 Å². The van der Waals surface area contributed by atoms with Crippen molar-refractivity contribution in [3.63, 3.8) is 0 Å². The summed E-state index contributed by atoms with van der Waals surface area (Å²) in [5.41, 5.74) is 15.1. The molecule has 0 radical (unpaired) electrons. The molecule has 2 atom stereocenters. The van der Waals surface area contributed by atoms with E-state index in [1.807, 2.05) is 18.2 Å². The van der Waals surface area contributed by atoms with Crippen LogP contribution >= 0.6 is 0 Å². The molecule has 6 aromatic carbocycles. The topological polar surface area (TPSA) is 38.7 Å². The molecular formula is C54H45N3. The number of aromatic nitrogens is 3. The predicted molar refractivity (Wildman–Crippen MR) is 237 cm³/mol. The first-order valence-electron chi connectivity index (χ1n) is 20.2. The molecule has 1 aromatic heterocycles. The van der Waals surface area contributed by atoms with Crippen LogP contribution in [0.2, 0.25) is 0 Å². The van der Waals surface area contributed by atoms with Crippen LogP contribution in [0.1, 0.15) is 63.1 Å². The third kappa shape index (κ3) is 6.01. The van der Waals surface area contributed by atoms with Crippen LogP contribution in [-0.2, 0) is 10.8 Å². The van der Waals surface area contributed by atoms with Crippen LogP contribution in [0.3, 0.4) is 0 Å². The van der Waals surface area contributed by atoms with E-state index in [4.69, 9.17) is 15.0 Å². The van der Waals surface area contributed by atoms with Crippen molar-refractivity contribution in [3.8, 4) is 45.0 Å². The minimum Gasteiger partial charge on any atom is -0.212 e. The Hall–Kier alpha value is -6.45. The van der Waals surface area contributed by atoms with Gasteiger partial charge in [-0.25, -0.2) is 15.0 Å². The quantitative estimate of drug-likeness (QED) is 0.171. The number of rotatable bonds is 6. The number of nitrogens with zero attached hydrogens (tertiary/aromatic N) is 3. The summed E-state index contributed by atoms with van der Waals surface area (Å²) < 4.78 is 0. The Morgan fingerprint density at radius 2 is 1.12 bits per heavy atom. The summed E-state index contributed by atoms with van der Waals surface area (Å²) in [5.74, 6) is 2.63. The standard InChI is InChI=1S/C54H45N3/c1-35-33-42(34-47-48(35)45-19-9-10-22-46(45)53(47,2)3)36-23-25-37(26-24-36)43-20-13-17-39-18-14-21-44(49(39)43)38-27-29-41(30-28-38)51-55-50(40-15-7-5-8-16-40)56-52(57-51)54(4)31-11-6-12-32-54/h5-31,34-35H,32-33H2,1-4H3.